The molecule has 162 valence electrons. The molecular weight excluding hydrogens is 388 g/mol. The predicted octanol–water partition coefficient (Wildman–Crippen LogP) is 3.21. The average Bonchev–Trinajstić information content (AvgIpc) is 3.28. The van der Waals surface area contributed by atoms with E-state index in [9.17, 15) is 4.79 Å². The maximum atomic E-state index is 12.2. The summed E-state index contributed by atoms with van der Waals surface area (Å²) in [4.78, 5) is 21.4. The van der Waals surface area contributed by atoms with E-state index in [-0.39, 0.29) is 5.91 Å². The fraction of sp³-hybridized carbons (Fsp3) is 0.360. The first-order valence-corrected chi connectivity index (χ1v) is 11.0. The van der Waals surface area contributed by atoms with Crippen molar-refractivity contribution in [1.82, 2.24) is 20.1 Å². The monoisotopic (exact) mass is 418 g/mol. The minimum Gasteiger partial charge on any atom is -0.447 e. The van der Waals surface area contributed by atoms with E-state index in [1.54, 1.807) is 6.26 Å². The molecule has 0 saturated carbocycles. The third-order valence-electron chi connectivity index (χ3n) is 5.62. The van der Waals surface area contributed by atoms with E-state index in [2.05, 4.69) is 44.4 Å². The molecule has 1 aliphatic heterocycles. The van der Waals surface area contributed by atoms with Gasteiger partial charge in [0.05, 0.1) is 13.1 Å². The van der Waals surface area contributed by atoms with Crippen molar-refractivity contribution in [2.24, 2.45) is 0 Å². The van der Waals surface area contributed by atoms with E-state index < -0.39 is 0 Å². The number of rotatable bonds is 9. The molecule has 1 aromatic heterocycles. The van der Waals surface area contributed by atoms with Gasteiger partial charge in [-0.05, 0) is 18.4 Å². The first kappa shape index (κ1) is 21.3. The van der Waals surface area contributed by atoms with Crippen molar-refractivity contribution in [3.63, 3.8) is 0 Å². The number of amides is 1. The van der Waals surface area contributed by atoms with Gasteiger partial charge in [0.15, 0.2) is 0 Å². The van der Waals surface area contributed by atoms with Crippen molar-refractivity contribution in [2.75, 3.05) is 39.3 Å². The zero-order valence-electron chi connectivity index (χ0n) is 17.9. The number of hydrogen-bond acceptors (Lipinski definition) is 5. The van der Waals surface area contributed by atoms with Crippen LogP contribution >= 0.6 is 0 Å². The number of piperazine rings is 1. The predicted molar refractivity (Wildman–Crippen MR) is 121 cm³/mol. The Morgan fingerprint density at radius 3 is 2.35 bits per heavy atom. The van der Waals surface area contributed by atoms with Gasteiger partial charge >= 0.3 is 0 Å². The highest BCUT2D eigenvalue weighted by molar-refractivity contribution is 5.78. The van der Waals surface area contributed by atoms with Gasteiger partial charge in [0.25, 0.3) is 0 Å². The summed E-state index contributed by atoms with van der Waals surface area (Å²) in [5.41, 5.74) is 3.25. The summed E-state index contributed by atoms with van der Waals surface area (Å²) in [6.45, 7) is 5.46. The minimum absolute atomic E-state index is 0.113. The van der Waals surface area contributed by atoms with Gasteiger partial charge < -0.3 is 9.73 Å². The average molecular weight is 419 g/mol. The summed E-state index contributed by atoms with van der Waals surface area (Å²) in [6, 6.07) is 20.5. The number of nitrogens with one attached hydrogen (secondary N) is 1. The van der Waals surface area contributed by atoms with Gasteiger partial charge in [0, 0.05) is 38.3 Å². The Balaban J connectivity index is 1.13. The van der Waals surface area contributed by atoms with Crippen molar-refractivity contribution < 1.29 is 9.21 Å². The molecule has 0 bridgehead atoms. The topological polar surface area (TPSA) is 61.6 Å². The Bertz CT molecular complexity index is 934. The SMILES string of the molecule is O=C(CN1CCN(Cc2nc(-c3ccccc3)co2)CC1)NCCCc1ccccc1. The zero-order chi connectivity index (χ0) is 21.3. The minimum atomic E-state index is 0.113. The van der Waals surface area contributed by atoms with Gasteiger partial charge in [0.1, 0.15) is 12.0 Å². The molecule has 2 aromatic carbocycles. The number of hydrogen-bond donors (Lipinski definition) is 1. The third-order valence-corrected chi connectivity index (χ3v) is 5.62. The highest BCUT2D eigenvalue weighted by atomic mass is 16.3. The molecule has 6 nitrogen and oxygen atoms in total. The van der Waals surface area contributed by atoms with Crippen LogP contribution in [0.5, 0.6) is 0 Å². The van der Waals surface area contributed by atoms with Crippen LogP contribution in [0.3, 0.4) is 0 Å². The number of aryl methyl sites for hydroxylation is 1. The van der Waals surface area contributed by atoms with E-state index in [1.165, 1.54) is 5.56 Å². The third kappa shape index (κ3) is 6.51. The van der Waals surface area contributed by atoms with E-state index in [0.29, 0.717) is 13.1 Å². The lowest BCUT2D eigenvalue weighted by Crippen LogP contribution is -2.49. The molecule has 6 heteroatoms. The second-order valence-electron chi connectivity index (χ2n) is 7.98. The smallest absolute Gasteiger partial charge is 0.234 e. The quantitative estimate of drug-likeness (QED) is 0.541. The molecule has 31 heavy (non-hydrogen) atoms. The van der Waals surface area contributed by atoms with Gasteiger partial charge in [-0.3, -0.25) is 14.6 Å². The largest absolute Gasteiger partial charge is 0.447 e. The van der Waals surface area contributed by atoms with Crippen LogP contribution in [0.25, 0.3) is 11.3 Å². The van der Waals surface area contributed by atoms with Crippen LogP contribution in [0.1, 0.15) is 17.9 Å². The summed E-state index contributed by atoms with van der Waals surface area (Å²) in [7, 11) is 0. The van der Waals surface area contributed by atoms with Gasteiger partial charge in [0.2, 0.25) is 11.8 Å². The molecule has 0 radical (unpaired) electrons. The van der Waals surface area contributed by atoms with Gasteiger partial charge in [-0.25, -0.2) is 4.98 Å². The number of benzene rings is 2. The molecular formula is C25H30N4O2. The molecule has 1 aliphatic rings. The van der Waals surface area contributed by atoms with Gasteiger partial charge in [-0.1, -0.05) is 60.7 Å². The molecule has 4 rings (SSSR count). The lowest BCUT2D eigenvalue weighted by molar-refractivity contribution is -0.122. The summed E-state index contributed by atoms with van der Waals surface area (Å²) >= 11 is 0. The molecule has 1 amide bonds. The van der Waals surface area contributed by atoms with Crippen LogP contribution in [0, 0.1) is 0 Å². The first-order chi connectivity index (χ1) is 15.3. The molecule has 0 unspecified atom stereocenters. The number of carbonyl (C=O) groups excluding carboxylic acids is 1. The maximum absolute atomic E-state index is 12.2. The molecule has 3 aromatic rings. The van der Waals surface area contributed by atoms with Gasteiger partial charge in [-0.15, -0.1) is 0 Å². The highest BCUT2D eigenvalue weighted by Crippen LogP contribution is 2.19. The second-order valence-corrected chi connectivity index (χ2v) is 7.98. The first-order valence-electron chi connectivity index (χ1n) is 11.0. The van der Waals surface area contributed by atoms with Crippen molar-refractivity contribution in [3.05, 3.63) is 78.4 Å². The van der Waals surface area contributed by atoms with E-state index in [1.807, 2.05) is 36.4 Å². The summed E-state index contributed by atoms with van der Waals surface area (Å²) in [5, 5.41) is 3.05. The standard InChI is InChI=1S/C25H30N4O2/c30-24(26-13-7-10-21-8-3-1-4-9-21)18-28-14-16-29(17-15-28)19-25-27-23(20-31-25)22-11-5-2-6-12-22/h1-6,8-9,11-12,20H,7,10,13-19H2,(H,26,30). The van der Waals surface area contributed by atoms with Crippen molar-refractivity contribution >= 4 is 5.91 Å². The Hall–Kier alpha value is -2.96. The zero-order valence-corrected chi connectivity index (χ0v) is 17.9. The Morgan fingerprint density at radius 1 is 0.935 bits per heavy atom. The number of oxazole rings is 1. The normalized spacial score (nSPS) is 15.1. The van der Waals surface area contributed by atoms with Gasteiger partial charge in [-0.2, -0.15) is 0 Å². The highest BCUT2D eigenvalue weighted by Gasteiger charge is 2.20. The number of nitrogens with zero attached hydrogens (tertiary/aromatic N) is 3. The van der Waals surface area contributed by atoms with E-state index in [0.717, 1.165) is 62.7 Å². The molecule has 1 fully saturated rings. The van der Waals surface area contributed by atoms with Crippen LogP contribution in [-0.4, -0.2) is 60.0 Å². The molecule has 1 N–H and O–H groups in total. The number of aromatic nitrogens is 1. The molecule has 0 atom stereocenters. The fourth-order valence-corrected chi connectivity index (χ4v) is 3.85. The van der Waals surface area contributed by atoms with Crippen molar-refractivity contribution in [1.29, 1.82) is 0 Å². The van der Waals surface area contributed by atoms with E-state index in [4.69, 9.17) is 4.42 Å². The molecule has 0 spiro atoms. The van der Waals surface area contributed by atoms with Crippen LogP contribution < -0.4 is 5.32 Å². The maximum Gasteiger partial charge on any atom is 0.234 e. The van der Waals surface area contributed by atoms with Crippen LogP contribution in [0.4, 0.5) is 0 Å². The summed E-state index contributed by atoms with van der Waals surface area (Å²) in [5.74, 6) is 0.852. The summed E-state index contributed by atoms with van der Waals surface area (Å²) in [6.07, 6.45) is 3.68. The number of carbonyl (C=O) groups is 1. The Kier molecular flexibility index (Phi) is 7.47. The van der Waals surface area contributed by atoms with Crippen molar-refractivity contribution in [2.45, 2.75) is 19.4 Å². The Labute approximate surface area is 183 Å². The lowest BCUT2D eigenvalue weighted by Gasteiger charge is -2.33. The van der Waals surface area contributed by atoms with Crippen LogP contribution in [0.15, 0.2) is 71.3 Å². The summed E-state index contributed by atoms with van der Waals surface area (Å²) < 4.78 is 5.67. The fourth-order valence-electron chi connectivity index (χ4n) is 3.85. The Morgan fingerprint density at radius 2 is 1.61 bits per heavy atom. The van der Waals surface area contributed by atoms with Crippen LogP contribution in [-0.2, 0) is 17.8 Å². The molecule has 2 heterocycles. The second kappa shape index (κ2) is 10.9. The van der Waals surface area contributed by atoms with Crippen LogP contribution in [0.2, 0.25) is 0 Å². The molecule has 1 saturated heterocycles. The molecule has 0 aliphatic carbocycles. The lowest BCUT2D eigenvalue weighted by atomic mass is 10.1. The van der Waals surface area contributed by atoms with E-state index >= 15 is 0 Å². The van der Waals surface area contributed by atoms with Crippen molar-refractivity contribution in [3.8, 4) is 11.3 Å².